The van der Waals surface area contributed by atoms with Gasteiger partial charge in [-0.25, -0.2) is 4.98 Å². The summed E-state index contributed by atoms with van der Waals surface area (Å²) in [7, 11) is 0. The maximum atomic E-state index is 5.39. The van der Waals surface area contributed by atoms with Gasteiger partial charge in [0.15, 0.2) is 11.5 Å². The standard InChI is InChI=1S/C14H13BrN2O2/c1-9(17-11-3-5-14(15)16-7-11)10-2-4-12-13(6-10)19-8-18-12/h2-7,9,17H,8H2,1H3. The van der Waals surface area contributed by atoms with Gasteiger partial charge in [-0.2, -0.15) is 0 Å². The van der Waals surface area contributed by atoms with Crippen molar-refractivity contribution in [1.29, 1.82) is 0 Å². The van der Waals surface area contributed by atoms with Gasteiger partial charge in [0, 0.05) is 6.04 Å². The van der Waals surface area contributed by atoms with Gasteiger partial charge in [-0.15, -0.1) is 0 Å². The summed E-state index contributed by atoms with van der Waals surface area (Å²) in [4.78, 5) is 4.19. The van der Waals surface area contributed by atoms with Crippen LogP contribution in [-0.4, -0.2) is 11.8 Å². The van der Waals surface area contributed by atoms with Gasteiger partial charge in [0.05, 0.1) is 11.9 Å². The van der Waals surface area contributed by atoms with E-state index in [-0.39, 0.29) is 6.04 Å². The van der Waals surface area contributed by atoms with Crippen LogP contribution in [0.1, 0.15) is 18.5 Å². The molecule has 98 valence electrons. The van der Waals surface area contributed by atoms with E-state index in [1.807, 2.05) is 30.3 Å². The van der Waals surface area contributed by atoms with Gasteiger partial charge in [-0.1, -0.05) is 6.07 Å². The van der Waals surface area contributed by atoms with Crippen LogP contribution in [0.2, 0.25) is 0 Å². The molecule has 3 rings (SSSR count). The first kappa shape index (κ1) is 12.3. The third-order valence-corrected chi connectivity index (χ3v) is 3.48. The van der Waals surface area contributed by atoms with Crippen molar-refractivity contribution >= 4 is 21.6 Å². The average Bonchev–Trinajstić information content (AvgIpc) is 2.88. The third-order valence-electron chi connectivity index (χ3n) is 3.01. The first-order valence-corrected chi connectivity index (χ1v) is 6.79. The Kier molecular flexibility index (Phi) is 3.29. The fraction of sp³-hybridized carbons (Fsp3) is 0.214. The van der Waals surface area contributed by atoms with Gasteiger partial charge in [0.25, 0.3) is 0 Å². The highest BCUT2D eigenvalue weighted by Crippen LogP contribution is 2.34. The van der Waals surface area contributed by atoms with Crippen molar-refractivity contribution in [2.45, 2.75) is 13.0 Å². The van der Waals surface area contributed by atoms with Crippen molar-refractivity contribution in [3.05, 3.63) is 46.7 Å². The number of pyridine rings is 1. The maximum absolute atomic E-state index is 5.39. The molecular weight excluding hydrogens is 308 g/mol. The summed E-state index contributed by atoms with van der Waals surface area (Å²) in [5.74, 6) is 1.61. The number of hydrogen-bond donors (Lipinski definition) is 1. The van der Waals surface area contributed by atoms with Gasteiger partial charge >= 0.3 is 0 Å². The molecule has 5 heteroatoms. The Morgan fingerprint density at radius 2 is 2.05 bits per heavy atom. The van der Waals surface area contributed by atoms with Gasteiger partial charge in [-0.3, -0.25) is 0 Å². The summed E-state index contributed by atoms with van der Waals surface area (Å²) in [5, 5.41) is 3.40. The van der Waals surface area contributed by atoms with Crippen molar-refractivity contribution in [1.82, 2.24) is 4.98 Å². The minimum atomic E-state index is 0.164. The number of nitrogens with one attached hydrogen (secondary N) is 1. The molecule has 1 aromatic heterocycles. The van der Waals surface area contributed by atoms with Crippen LogP contribution < -0.4 is 14.8 Å². The molecule has 1 aromatic carbocycles. The van der Waals surface area contributed by atoms with Crippen molar-refractivity contribution in [3.8, 4) is 11.5 Å². The molecule has 1 aliphatic rings. The third kappa shape index (κ3) is 2.66. The lowest BCUT2D eigenvalue weighted by Gasteiger charge is -2.15. The van der Waals surface area contributed by atoms with Crippen molar-refractivity contribution < 1.29 is 9.47 Å². The van der Waals surface area contributed by atoms with Crippen LogP contribution >= 0.6 is 15.9 Å². The lowest BCUT2D eigenvalue weighted by atomic mass is 10.1. The van der Waals surface area contributed by atoms with Crippen molar-refractivity contribution in [2.24, 2.45) is 0 Å². The molecule has 2 heterocycles. The van der Waals surface area contributed by atoms with Crippen LogP contribution in [0, 0.1) is 0 Å². The Hall–Kier alpha value is -1.75. The number of ether oxygens (including phenoxy) is 2. The monoisotopic (exact) mass is 320 g/mol. The molecule has 19 heavy (non-hydrogen) atoms. The Labute approximate surface area is 119 Å². The molecule has 1 aliphatic heterocycles. The molecule has 4 nitrogen and oxygen atoms in total. The summed E-state index contributed by atoms with van der Waals surface area (Å²) in [6.07, 6.45) is 1.80. The van der Waals surface area contributed by atoms with Crippen LogP contribution in [0.15, 0.2) is 41.1 Å². The molecule has 0 fully saturated rings. The normalized spacial score (nSPS) is 14.2. The molecule has 0 saturated carbocycles. The smallest absolute Gasteiger partial charge is 0.231 e. The Bertz CT molecular complexity index is 586. The minimum Gasteiger partial charge on any atom is -0.454 e. The van der Waals surface area contributed by atoms with Crippen LogP contribution in [-0.2, 0) is 0 Å². The fourth-order valence-electron chi connectivity index (χ4n) is 1.98. The molecular formula is C14H13BrN2O2. The predicted molar refractivity (Wildman–Crippen MR) is 76.5 cm³/mol. The molecule has 1 unspecified atom stereocenters. The molecule has 0 saturated heterocycles. The van der Waals surface area contributed by atoms with E-state index < -0.39 is 0 Å². The lowest BCUT2D eigenvalue weighted by Crippen LogP contribution is -2.06. The molecule has 0 amide bonds. The van der Waals surface area contributed by atoms with Crippen molar-refractivity contribution in [3.63, 3.8) is 0 Å². The highest BCUT2D eigenvalue weighted by Gasteiger charge is 2.15. The predicted octanol–water partition coefficient (Wildman–Crippen LogP) is 3.75. The largest absolute Gasteiger partial charge is 0.454 e. The number of rotatable bonds is 3. The van der Waals surface area contributed by atoms with Crippen LogP contribution in [0.3, 0.4) is 0 Å². The quantitative estimate of drug-likeness (QED) is 0.875. The number of anilines is 1. The van der Waals surface area contributed by atoms with Gasteiger partial charge in [0.2, 0.25) is 6.79 Å². The first-order chi connectivity index (χ1) is 9.22. The topological polar surface area (TPSA) is 43.4 Å². The molecule has 0 radical (unpaired) electrons. The van der Waals surface area contributed by atoms with E-state index >= 15 is 0 Å². The maximum Gasteiger partial charge on any atom is 0.231 e. The van der Waals surface area contributed by atoms with Gasteiger partial charge < -0.3 is 14.8 Å². The number of hydrogen-bond acceptors (Lipinski definition) is 4. The number of aromatic nitrogens is 1. The van der Waals surface area contributed by atoms with Crippen LogP contribution in [0.4, 0.5) is 5.69 Å². The first-order valence-electron chi connectivity index (χ1n) is 6.00. The summed E-state index contributed by atoms with van der Waals surface area (Å²) in [6.45, 7) is 2.40. The minimum absolute atomic E-state index is 0.164. The van der Waals surface area contributed by atoms with E-state index in [9.17, 15) is 0 Å². The highest BCUT2D eigenvalue weighted by atomic mass is 79.9. The van der Waals surface area contributed by atoms with E-state index in [0.29, 0.717) is 6.79 Å². The molecule has 0 spiro atoms. The van der Waals surface area contributed by atoms with Crippen LogP contribution in [0.25, 0.3) is 0 Å². The van der Waals surface area contributed by atoms with E-state index in [0.717, 1.165) is 27.4 Å². The highest BCUT2D eigenvalue weighted by molar-refractivity contribution is 9.10. The zero-order chi connectivity index (χ0) is 13.2. The van der Waals surface area contributed by atoms with Crippen molar-refractivity contribution in [2.75, 3.05) is 12.1 Å². The zero-order valence-electron chi connectivity index (χ0n) is 10.4. The lowest BCUT2D eigenvalue weighted by molar-refractivity contribution is 0.174. The second-order valence-corrected chi connectivity index (χ2v) is 5.16. The average molecular weight is 321 g/mol. The molecule has 1 N–H and O–H groups in total. The van der Waals surface area contributed by atoms with E-state index in [1.165, 1.54) is 0 Å². The molecule has 0 aliphatic carbocycles. The van der Waals surface area contributed by atoms with E-state index in [4.69, 9.17) is 9.47 Å². The molecule has 2 aromatic rings. The summed E-state index contributed by atoms with van der Waals surface area (Å²) >= 11 is 3.32. The summed E-state index contributed by atoms with van der Waals surface area (Å²) in [5.41, 5.74) is 2.13. The van der Waals surface area contributed by atoms with Gasteiger partial charge in [-0.05, 0) is 52.7 Å². The summed E-state index contributed by atoms with van der Waals surface area (Å²) < 4.78 is 11.5. The SMILES string of the molecule is CC(Nc1ccc(Br)nc1)c1ccc2c(c1)OCO2. The zero-order valence-corrected chi connectivity index (χ0v) is 12.0. The Balaban J connectivity index is 1.76. The Morgan fingerprint density at radius 1 is 1.21 bits per heavy atom. The second kappa shape index (κ2) is 5.09. The fourth-order valence-corrected chi connectivity index (χ4v) is 2.21. The number of benzene rings is 1. The molecule has 1 atom stereocenters. The van der Waals surface area contributed by atoms with E-state index in [2.05, 4.69) is 33.2 Å². The Morgan fingerprint density at radius 3 is 2.84 bits per heavy atom. The molecule has 0 bridgehead atoms. The van der Waals surface area contributed by atoms with Crippen LogP contribution in [0.5, 0.6) is 11.5 Å². The second-order valence-electron chi connectivity index (χ2n) is 4.35. The van der Waals surface area contributed by atoms with Gasteiger partial charge in [0.1, 0.15) is 4.60 Å². The summed E-state index contributed by atoms with van der Waals surface area (Å²) in [6, 6.07) is 10.0. The number of halogens is 1. The number of fused-ring (bicyclic) bond motifs is 1. The number of nitrogens with zero attached hydrogens (tertiary/aromatic N) is 1. The van der Waals surface area contributed by atoms with E-state index in [1.54, 1.807) is 6.20 Å².